The monoisotopic (exact) mass is 405 g/mol. The normalized spacial score (nSPS) is 11.3. The van der Waals surface area contributed by atoms with E-state index in [-0.39, 0.29) is 17.3 Å². The molecule has 0 aliphatic heterocycles. The Morgan fingerprint density at radius 2 is 1.71 bits per heavy atom. The standard InChI is InChI=1S/C20H27N3O4S/c1-5-23(6-2)28(25,26)17-12-13-19(27-4)18(14-17)21-20(24)15-22(3)16-10-8-7-9-11-16/h7-14H,5-6,15H2,1-4H3,(H,21,24). The zero-order valence-corrected chi connectivity index (χ0v) is 17.5. The number of hydrogen-bond donors (Lipinski definition) is 1. The number of para-hydroxylation sites is 1. The molecule has 1 amide bonds. The molecule has 0 aliphatic rings. The van der Waals surface area contributed by atoms with Crippen LogP contribution in [-0.4, -0.2) is 52.4 Å². The number of rotatable bonds is 9. The van der Waals surface area contributed by atoms with Crippen LogP contribution in [0.5, 0.6) is 5.75 Å². The lowest BCUT2D eigenvalue weighted by Gasteiger charge is -2.21. The van der Waals surface area contributed by atoms with Crippen molar-refractivity contribution in [3.63, 3.8) is 0 Å². The van der Waals surface area contributed by atoms with Gasteiger partial charge in [0.15, 0.2) is 0 Å². The zero-order valence-electron chi connectivity index (χ0n) is 16.7. The fraction of sp³-hybridized carbons (Fsp3) is 0.350. The van der Waals surface area contributed by atoms with E-state index >= 15 is 0 Å². The van der Waals surface area contributed by atoms with Crippen LogP contribution in [-0.2, 0) is 14.8 Å². The number of carbonyl (C=O) groups excluding carboxylic acids is 1. The number of carbonyl (C=O) groups is 1. The first-order valence-corrected chi connectivity index (χ1v) is 10.5. The van der Waals surface area contributed by atoms with Gasteiger partial charge in [0.25, 0.3) is 0 Å². The van der Waals surface area contributed by atoms with E-state index in [1.807, 2.05) is 37.4 Å². The lowest BCUT2D eigenvalue weighted by Crippen LogP contribution is -2.31. The Balaban J connectivity index is 2.23. The lowest BCUT2D eigenvalue weighted by molar-refractivity contribution is -0.114. The maximum absolute atomic E-state index is 12.8. The van der Waals surface area contributed by atoms with Gasteiger partial charge in [-0.05, 0) is 30.3 Å². The number of nitrogens with one attached hydrogen (secondary N) is 1. The highest BCUT2D eigenvalue weighted by Gasteiger charge is 2.23. The fourth-order valence-electron chi connectivity index (χ4n) is 2.84. The summed E-state index contributed by atoms with van der Waals surface area (Å²) in [5.41, 5.74) is 1.23. The lowest BCUT2D eigenvalue weighted by atomic mass is 10.2. The maximum atomic E-state index is 12.8. The van der Waals surface area contributed by atoms with Crippen LogP contribution < -0.4 is 15.0 Å². The van der Waals surface area contributed by atoms with Crippen molar-refractivity contribution in [1.82, 2.24) is 4.31 Å². The molecule has 0 saturated carbocycles. The van der Waals surface area contributed by atoms with Crippen molar-refractivity contribution in [2.45, 2.75) is 18.7 Å². The molecule has 7 nitrogen and oxygen atoms in total. The number of likely N-dealkylation sites (N-methyl/N-ethyl adjacent to an activating group) is 1. The molecule has 8 heteroatoms. The van der Waals surface area contributed by atoms with Gasteiger partial charge in [-0.2, -0.15) is 4.31 Å². The van der Waals surface area contributed by atoms with Crippen molar-refractivity contribution < 1.29 is 17.9 Å². The van der Waals surface area contributed by atoms with Crippen LogP contribution in [0, 0.1) is 0 Å². The van der Waals surface area contributed by atoms with E-state index in [4.69, 9.17) is 4.74 Å². The number of nitrogens with zero attached hydrogens (tertiary/aromatic N) is 2. The van der Waals surface area contributed by atoms with Crippen LogP contribution in [0.25, 0.3) is 0 Å². The van der Waals surface area contributed by atoms with Gasteiger partial charge in [0.05, 0.1) is 24.2 Å². The summed E-state index contributed by atoms with van der Waals surface area (Å²) >= 11 is 0. The van der Waals surface area contributed by atoms with Crippen LogP contribution in [0.1, 0.15) is 13.8 Å². The highest BCUT2D eigenvalue weighted by atomic mass is 32.2. The van der Waals surface area contributed by atoms with E-state index in [2.05, 4.69) is 5.32 Å². The molecule has 2 aromatic carbocycles. The summed E-state index contributed by atoms with van der Waals surface area (Å²) in [6, 6.07) is 14.0. The van der Waals surface area contributed by atoms with Crippen LogP contribution in [0.4, 0.5) is 11.4 Å². The van der Waals surface area contributed by atoms with E-state index in [1.54, 1.807) is 24.8 Å². The molecule has 0 fully saturated rings. The molecule has 0 aliphatic carbocycles. The smallest absolute Gasteiger partial charge is 0.243 e. The average Bonchev–Trinajstić information content (AvgIpc) is 2.69. The number of amides is 1. The summed E-state index contributed by atoms with van der Waals surface area (Å²) in [5.74, 6) is 0.122. The summed E-state index contributed by atoms with van der Waals surface area (Å²) < 4.78 is 32.2. The Hall–Kier alpha value is -2.58. The average molecular weight is 406 g/mol. The highest BCUT2D eigenvalue weighted by Crippen LogP contribution is 2.29. The summed E-state index contributed by atoms with van der Waals surface area (Å²) in [7, 11) is -0.350. The molecule has 0 unspecified atom stereocenters. The Morgan fingerprint density at radius 3 is 2.29 bits per heavy atom. The third kappa shape index (κ3) is 5.02. The third-order valence-corrected chi connectivity index (χ3v) is 6.41. The molecule has 0 bridgehead atoms. The highest BCUT2D eigenvalue weighted by molar-refractivity contribution is 7.89. The minimum Gasteiger partial charge on any atom is -0.495 e. The van der Waals surface area contributed by atoms with E-state index in [9.17, 15) is 13.2 Å². The number of ether oxygens (including phenoxy) is 1. The van der Waals surface area contributed by atoms with E-state index < -0.39 is 10.0 Å². The van der Waals surface area contributed by atoms with Crippen molar-refractivity contribution in [3.05, 3.63) is 48.5 Å². The summed E-state index contributed by atoms with van der Waals surface area (Å²) in [5, 5.41) is 2.76. The molecule has 0 spiro atoms. The second-order valence-electron chi connectivity index (χ2n) is 6.19. The molecule has 2 aromatic rings. The quantitative estimate of drug-likeness (QED) is 0.694. The Kier molecular flexibility index (Phi) is 7.42. The maximum Gasteiger partial charge on any atom is 0.243 e. The molecule has 28 heavy (non-hydrogen) atoms. The molecule has 0 saturated heterocycles. The molecular formula is C20H27N3O4S. The topological polar surface area (TPSA) is 79.0 Å². The van der Waals surface area contributed by atoms with Crippen LogP contribution in [0.3, 0.4) is 0 Å². The summed E-state index contributed by atoms with van der Waals surface area (Å²) in [6.45, 7) is 4.42. The summed E-state index contributed by atoms with van der Waals surface area (Å²) in [6.07, 6.45) is 0. The Labute approximate surface area is 167 Å². The van der Waals surface area contributed by atoms with Gasteiger partial charge in [0.2, 0.25) is 15.9 Å². The second-order valence-corrected chi connectivity index (χ2v) is 8.13. The van der Waals surface area contributed by atoms with Crippen molar-refractivity contribution in [2.24, 2.45) is 0 Å². The zero-order chi connectivity index (χ0) is 20.7. The van der Waals surface area contributed by atoms with Crippen molar-refractivity contribution >= 4 is 27.3 Å². The SMILES string of the molecule is CCN(CC)S(=O)(=O)c1ccc(OC)c(NC(=O)CN(C)c2ccccc2)c1. The van der Waals surface area contributed by atoms with Crippen LogP contribution in [0.2, 0.25) is 0 Å². The predicted octanol–water partition coefficient (Wildman–Crippen LogP) is 2.80. The minimum atomic E-state index is -3.63. The van der Waals surface area contributed by atoms with Gasteiger partial charge in [0, 0.05) is 25.8 Å². The van der Waals surface area contributed by atoms with E-state index in [0.717, 1.165) is 5.69 Å². The first kappa shape index (κ1) is 21.7. The third-order valence-electron chi connectivity index (χ3n) is 4.37. The number of anilines is 2. The number of hydrogen-bond acceptors (Lipinski definition) is 5. The molecule has 0 atom stereocenters. The van der Waals surface area contributed by atoms with Crippen molar-refractivity contribution in [1.29, 1.82) is 0 Å². The molecule has 1 N–H and O–H groups in total. The predicted molar refractivity (Wildman–Crippen MR) is 111 cm³/mol. The molecule has 0 radical (unpaired) electrons. The summed E-state index contributed by atoms with van der Waals surface area (Å²) in [4.78, 5) is 14.4. The second kappa shape index (κ2) is 9.57. The number of benzene rings is 2. The Bertz CT molecular complexity index is 897. The first-order valence-electron chi connectivity index (χ1n) is 9.07. The van der Waals surface area contributed by atoms with Gasteiger partial charge in [-0.25, -0.2) is 8.42 Å². The molecule has 0 heterocycles. The molecular weight excluding hydrogens is 378 g/mol. The molecule has 0 aromatic heterocycles. The Morgan fingerprint density at radius 1 is 1.07 bits per heavy atom. The van der Waals surface area contributed by atoms with Gasteiger partial charge in [0.1, 0.15) is 5.75 Å². The van der Waals surface area contributed by atoms with Crippen molar-refractivity contribution in [2.75, 3.05) is 44.0 Å². The first-order chi connectivity index (χ1) is 13.3. The van der Waals surface area contributed by atoms with E-state index in [1.165, 1.54) is 23.5 Å². The van der Waals surface area contributed by atoms with Gasteiger partial charge >= 0.3 is 0 Å². The van der Waals surface area contributed by atoms with E-state index in [0.29, 0.717) is 24.5 Å². The van der Waals surface area contributed by atoms with Crippen LogP contribution in [0.15, 0.2) is 53.4 Å². The fourth-order valence-corrected chi connectivity index (χ4v) is 4.32. The molecule has 2 rings (SSSR count). The largest absolute Gasteiger partial charge is 0.495 e. The van der Waals surface area contributed by atoms with Crippen LogP contribution >= 0.6 is 0 Å². The minimum absolute atomic E-state index is 0.111. The molecule has 152 valence electrons. The number of sulfonamides is 1. The van der Waals surface area contributed by atoms with Gasteiger partial charge in [-0.3, -0.25) is 4.79 Å². The number of methoxy groups -OCH3 is 1. The van der Waals surface area contributed by atoms with Gasteiger partial charge in [-0.1, -0.05) is 32.0 Å². The van der Waals surface area contributed by atoms with Gasteiger partial charge < -0.3 is 15.0 Å². The van der Waals surface area contributed by atoms with Crippen molar-refractivity contribution in [3.8, 4) is 5.75 Å². The van der Waals surface area contributed by atoms with Gasteiger partial charge in [-0.15, -0.1) is 0 Å².